The third-order valence-electron chi connectivity index (χ3n) is 3.94. The van der Waals surface area contributed by atoms with Gasteiger partial charge >= 0.3 is 0 Å². The predicted octanol–water partition coefficient (Wildman–Crippen LogP) is 5.75. The summed E-state index contributed by atoms with van der Waals surface area (Å²) in [6.45, 7) is 0. The van der Waals surface area contributed by atoms with E-state index in [0.29, 0.717) is 4.20 Å². The molecule has 0 saturated carbocycles. The highest BCUT2D eigenvalue weighted by Gasteiger charge is 2.10. The summed E-state index contributed by atoms with van der Waals surface area (Å²) in [5, 5.41) is 7.22. The number of hydrogen-bond donors (Lipinski definition) is 1. The van der Waals surface area contributed by atoms with E-state index in [4.69, 9.17) is 12.2 Å². The van der Waals surface area contributed by atoms with E-state index in [1.54, 1.807) is 0 Å². The van der Waals surface area contributed by atoms with E-state index in [1.165, 1.54) is 32.3 Å². The Kier molecular flexibility index (Phi) is 2.95. The van der Waals surface area contributed by atoms with Crippen LogP contribution in [0.2, 0.25) is 0 Å². The van der Waals surface area contributed by atoms with Crippen LogP contribution in [0.15, 0.2) is 66.7 Å². The molecule has 0 spiro atoms. The van der Waals surface area contributed by atoms with Gasteiger partial charge in [-0.2, -0.15) is 0 Å². The highest BCUT2D eigenvalue weighted by molar-refractivity contribution is 8.12. The van der Waals surface area contributed by atoms with Crippen molar-refractivity contribution in [2.75, 3.05) is 0 Å². The first-order valence-corrected chi connectivity index (χ1v) is 7.67. The highest BCUT2D eigenvalue weighted by atomic mass is 32.1. The summed E-state index contributed by atoms with van der Waals surface area (Å²) in [6, 6.07) is 23.4. The van der Waals surface area contributed by atoms with Crippen molar-refractivity contribution in [1.82, 2.24) is 0 Å². The molecule has 0 atom stereocenters. The van der Waals surface area contributed by atoms with Crippen molar-refractivity contribution in [3.63, 3.8) is 0 Å². The molecule has 0 N–H and O–H groups in total. The van der Waals surface area contributed by atoms with Crippen LogP contribution in [0.5, 0.6) is 0 Å². The van der Waals surface area contributed by atoms with Crippen molar-refractivity contribution < 1.29 is 0 Å². The quantitative estimate of drug-likeness (QED) is 0.265. The van der Waals surface area contributed by atoms with E-state index in [9.17, 15) is 0 Å². The molecule has 0 bridgehead atoms. The minimum absolute atomic E-state index is 0.645. The normalized spacial score (nSPS) is 11.3. The molecule has 0 fully saturated rings. The molecule has 0 amide bonds. The van der Waals surface area contributed by atoms with Gasteiger partial charge < -0.3 is 0 Å². The van der Waals surface area contributed by atoms with Crippen LogP contribution in [0.1, 0.15) is 5.56 Å². The third kappa shape index (κ3) is 2.03. The molecule has 0 aromatic heterocycles. The molecule has 21 heavy (non-hydrogen) atoms. The molecule has 0 aliphatic rings. The molecule has 0 radical (unpaired) electrons. The standard InChI is InChI=1S/C19H12S2/c20-19(21)18-16-8-4-3-7-14(16)10-15-9-12-5-1-2-6-13(12)11-17(15)18/h1-11H,(H,20,21). The first-order chi connectivity index (χ1) is 10.2. The van der Waals surface area contributed by atoms with Gasteiger partial charge in [-0.25, -0.2) is 0 Å². The number of hydrogen-bond acceptors (Lipinski definition) is 1. The van der Waals surface area contributed by atoms with Crippen LogP contribution in [0.25, 0.3) is 32.3 Å². The largest absolute Gasteiger partial charge is 0.131 e. The Labute approximate surface area is 133 Å². The van der Waals surface area contributed by atoms with E-state index >= 15 is 0 Å². The molecule has 0 nitrogen and oxygen atoms in total. The lowest BCUT2D eigenvalue weighted by atomic mass is 9.95. The predicted molar refractivity (Wildman–Crippen MR) is 99.6 cm³/mol. The summed E-state index contributed by atoms with van der Waals surface area (Å²) in [6.07, 6.45) is 0. The van der Waals surface area contributed by atoms with Crippen molar-refractivity contribution in [3.8, 4) is 0 Å². The van der Waals surface area contributed by atoms with Gasteiger partial charge in [0, 0.05) is 5.56 Å². The Morgan fingerprint density at radius 3 is 1.95 bits per heavy atom. The van der Waals surface area contributed by atoms with Crippen LogP contribution in [0.4, 0.5) is 0 Å². The van der Waals surface area contributed by atoms with Crippen molar-refractivity contribution in [2.24, 2.45) is 0 Å². The Bertz CT molecular complexity index is 1010. The first kappa shape index (κ1) is 12.8. The summed E-state index contributed by atoms with van der Waals surface area (Å²) in [5.74, 6) is 0. The van der Waals surface area contributed by atoms with Crippen molar-refractivity contribution in [1.29, 1.82) is 0 Å². The van der Waals surface area contributed by atoms with E-state index in [0.717, 1.165) is 5.56 Å². The summed E-state index contributed by atoms with van der Waals surface area (Å²) >= 11 is 9.87. The Morgan fingerprint density at radius 2 is 1.24 bits per heavy atom. The zero-order chi connectivity index (χ0) is 14.4. The van der Waals surface area contributed by atoms with Crippen LogP contribution < -0.4 is 0 Å². The molecule has 4 aromatic rings. The second-order valence-electron chi connectivity index (χ2n) is 5.20. The van der Waals surface area contributed by atoms with Crippen molar-refractivity contribution in [3.05, 3.63) is 72.3 Å². The molecule has 0 aliphatic carbocycles. The van der Waals surface area contributed by atoms with Gasteiger partial charge in [-0.3, -0.25) is 0 Å². The van der Waals surface area contributed by atoms with Crippen LogP contribution in [-0.4, -0.2) is 4.20 Å². The Balaban J connectivity index is 2.28. The van der Waals surface area contributed by atoms with Crippen LogP contribution in [0, 0.1) is 0 Å². The lowest BCUT2D eigenvalue weighted by Gasteiger charge is -2.11. The zero-order valence-electron chi connectivity index (χ0n) is 11.2. The monoisotopic (exact) mass is 304 g/mol. The summed E-state index contributed by atoms with van der Waals surface area (Å²) < 4.78 is 0.645. The van der Waals surface area contributed by atoms with Gasteiger partial charge in [-0.15, -0.1) is 12.6 Å². The maximum absolute atomic E-state index is 5.40. The average Bonchev–Trinajstić information content (AvgIpc) is 2.50. The third-order valence-corrected chi connectivity index (χ3v) is 4.37. The van der Waals surface area contributed by atoms with Crippen molar-refractivity contribution >= 4 is 61.4 Å². The topological polar surface area (TPSA) is 0 Å². The fourth-order valence-corrected chi connectivity index (χ4v) is 3.45. The van der Waals surface area contributed by atoms with Crippen LogP contribution in [0.3, 0.4) is 0 Å². The van der Waals surface area contributed by atoms with Gasteiger partial charge in [0.25, 0.3) is 0 Å². The molecule has 4 aromatic carbocycles. The van der Waals surface area contributed by atoms with Gasteiger partial charge in [-0.1, -0.05) is 60.7 Å². The maximum Gasteiger partial charge on any atom is 0.0760 e. The minimum atomic E-state index is 0.645. The summed E-state index contributed by atoms with van der Waals surface area (Å²) in [4.78, 5) is 0. The maximum atomic E-state index is 5.40. The SMILES string of the molecule is S=C(S)c1c2ccccc2cc2cc3ccccc3cc12. The van der Waals surface area contributed by atoms with Gasteiger partial charge in [0.1, 0.15) is 0 Å². The fraction of sp³-hybridized carbons (Fsp3) is 0. The molecule has 2 heteroatoms. The van der Waals surface area contributed by atoms with Gasteiger partial charge in [0.15, 0.2) is 0 Å². The van der Waals surface area contributed by atoms with Crippen LogP contribution >= 0.6 is 24.8 Å². The number of thiol groups is 1. The number of thiocarbonyl (C=S) groups is 1. The highest BCUT2D eigenvalue weighted by Crippen LogP contribution is 2.32. The van der Waals surface area contributed by atoms with E-state index < -0.39 is 0 Å². The van der Waals surface area contributed by atoms with Gasteiger partial charge in [0.2, 0.25) is 0 Å². The molecular weight excluding hydrogens is 292 g/mol. The molecule has 0 saturated heterocycles. The van der Waals surface area contributed by atoms with Crippen molar-refractivity contribution in [2.45, 2.75) is 0 Å². The average molecular weight is 304 g/mol. The summed E-state index contributed by atoms with van der Waals surface area (Å²) in [5.41, 5.74) is 1.06. The lowest BCUT2D eigenvalue weighted by Crippen LogP contribution is -1.93. The number of benzene rings is 4. The molecule has 0 heterocycles. The van der Waals surface area contributed by atoms with Gasteiger partial charge in [-0.05, 0) is 50.5 Å². The molecular formula is C19H12S2. The van der Waals surface area contributed by atoms with Crippen LogP contribution in [-0.2, 0) is 0 Å². The lowest BCUT2D eigenvalue weighted by molar-refractivity contribution is 1.76. The summed E-state index contributed by atoms with van der Waals surface area (Å²) in [7, 11) is 0. The second-order valence-corrected chi connectivity index (χ2v) is 6.36. The molecule has 100 valence electrons. The Hall–Kier alpha value is -1.90. The minimum Gasteiger partial charge on any atom is -0.131 e. The molecule has 4 rings (SSSR count). The smallest absolute Gasteiger partial charge is 0.0760 e. The molecule has 0 unspecified atom stereocenters. The Morgan fingerprint density at radius 1 is 0.667 bits per heavy atom. The first-order valence-electron chi connectivity index (χ1n) is 6.81. The van der Waals surface area contributed by atoms with E-state index in [-0.39, 0.29) is 0 Å². The molecule has 0 aliphatic heterocycles. The van der Waals surface area contributed by atoms with E-state index in [2.05, 4.69) is 73.3 Å². The van der Waals surface area contributed by atoms with E-state index in [1.807, 2.05) is 6.07 Å². The number of fused-ring (bicyclic) bond motifs is 3. The fourth-order valence-electron chi connectivity index (χ4n) is 2.99. The number of rotatable bonds is 1. The van der Waals surface area contributed by atoms with Gasteiger partial charge in [0.05, 0.1) is 4.20 Å². The second kappa shape index (κ2) is 4.83. The zero-order valence-corrected chi connectivity index (χ0v) is 12.9.